The lowest BCUT2D eigenvalue weighted by Crippen LogP contribution is -2.04. The van der Waals surface area contributed by atoms with Crippen LogP contribution in [0.3, 0.4) is 0 Å². The first kappa shape index (κ1) is 15.2. The molecule has 22 heavy (non-hydrogen) atoms. The van der Waals surface area contributed by atoms with Gasteiger partial charge in [0.15, 0.2) is 9.50 Å². The van der Waals surface area contributed by atoms with Gasteiger partial charge in [-0.05, 0) is 35.8 Å². The van der Waals surface area contributed by atoms with E-state index >= 15 is 0 Å². The Labute approximate surface area is 138 Å². The van der Waals surface area contributed by atoms with Crippen molar-refractivity contribution >= 4 is 23.3 Å². The molecule has 2 aromatic heterocycles. The van der Waals surface area contributed by atoms with E-state index in [0.717, 1.165) is 40.5 Å². The van der Waals surface area contributed by atoms with Crippen molar-refractivity contribution in [1.82, 2.24) is 24.1 Å². The molecule has 7 heteroatoms. The van der Waals surface area contributed by atoms with Crippen molar-refractivity contribution < 1.29 is 0 Å². The standard InChI is InChI=1S/C15H17N5S2/c1-3-12-16-15(22-19-12)21-14-18-17-13(20(14)4-2)10-11-8-6-5-7-9-11/h5-9H,3-4,10H2,1-2H3. The zero-order valence-corrected chi connectivity index (χ0v) is 14.2. The van der Waals surface area contributed by atoms with E-state index in [4.69, 9.17) is 0 Å². The predicted molar refractivity (Wildman–Crippen MR) is 88.4 cm³/mol. The van der Waals surface area contributed by atoms with E-state index in [1.165, 1.54) is 17.1 Å². The van der Waals surface area contributed by atoms with Gasteiger partial charge >= 0.3 is 0 Å². The van der Waals surface area contributed by atoms with Crippen molar-refractivity contribution in [2.24, 2.45) is 0 Å². The summed E-state index contributed by atoms with van der Waals surface area (Å²) in [5, 5.41) is 9.56. The lowest BCUT2D eigenvalue weighted by Gasteiger charge is -2.06. The van der Waals surface area contributed by atoms with E-state index in [1.807, 2.05) is 18.2 Å². The molecule has 0 spiro atoms. The van der Waals surface area contributed by atoms with Crippen molar-refractivity contribution in [2.75, 3.05) is 0 Å². The van der Waals surface area contributed by atoms with Gasteiger partial charge in [-0.25, -0.2) is 4.98 Å². The highest BCUT2D eigenvalue weighted by atomic mass is 32.2. The number of benzene rings is 1. The van der Waals surface area contributed by atoms with Gasteiger partial charge < -0.3 is 4.57 Å². The van der Waals surface area contributed by atoms with Crippen LogP contribution in [0.25, 0.3) is 0 Å². The largest absolute Gasteiger partial charge is 0.306 e. The average Bonchev–Trinajstić information content (AvgIpc) is 3.15. The van der Waals surface area contributed by atoms with Crippen LogP contribution >= 0.6 is 23.3 Å². The molecular weight excluding hydrogens is 314 g/mol. The van der Waals surface area contributed by atoms with Crippen molar-refractivity contribution in [3.8, 4) is 0 Å². The molecule has 0 aliphatic carbocycles. The minimum Gasteiger partial charge on any atom is -0.306 e. The van der Waals surface area contributed by atoms with Crippen molar-refractivity contribution in [3.63, 3.8) is 0 Å². The average molecular weight is 331 g/mol. The van der Waals surface area contributed by atoms with Crippen LogP contribution in [0.5, 0.6) is 0 Å². The normalized spacial score (nSPS) is 11.0. The molecule has 0 aliphatic rings. The van der Waals surface area contributed by atoms with E-state index in [1.54, 1.807) is 11.8 Å². The molecule has 0 bridgehead atoms. The van der Waals surface area contributed by atoms with Crippen molar-refractivity contribution in [2.45, 2.75) is 42.7 Å². The molecule has 0 atom stereocenters. The molecule has 3 aromatic rings. The number of nitrogens with zero attached hydrogens (tertiary/aromatic N) is 5. The first-order valence-corrected chi connectivity index (χ1v) is 8.85. The van der Waals surface area contributed by atoms with Gasteiger partial charge in [-0.3, -0.25) is 0 Å². The number of rotatable bonds is 6. The van der Waals surface area contributed by atoms with Crippen molar-refractivity contribution in [1.29, 1.82) is 0 Å². The maximum absolute atomic E-state index is 4.48. The zero-order valence-electron chi connectivity index (χ0n) is 12.6. The second kappa shape index (κ2) is 7.02. The molecule has 0 saturated carbocycles. The highest BCUT2D eigenvalue weighted by Crippen LogP contribution is 2.28. The Morgan fingerprint density at radius 3 is 2.64 bits per heavy atom. The van der Waals surface area contributed by atoms with Crippen LogP contribution in [0.1, 0.15) is 31.1 Å². The predicted octanol–water partition coefficient (Wildman–Crippen LogP) is 3.45. The summed E-state index contributed by atoms with van der Waals surface area (Å²) in [6, 6.07) is 10.3. The molecule has 2 heterocycles. The smallest absolute Gasteiger partial charge is 0.198 e. The molecule has 5 nitrogen and oxygen atoms in total. The lowest BCUT2D eigenvalue weighted by molar-refractivity contribution is 0.651. The molecule has 1 aromatic carbocycles. The third kappa shape index (κ3) is 3.36. The van der Waals surface area contributed by atoms with Crippen LogP contribution in [-0.2, 0) is 19.4 Å². The van der Waals surface area contributed by atoms with Crippen LogP contribution in [0.15, 0.2) is 39.8 Å². The van der Waals surface area contributed by atoms with Crippen LogP contribution < -0.4 is 0 Å². The summed E-state index contributed by atoms with van der Waals surface area (Å²) in [4.78, 5) is 4.48. The molecule has 0 aliphatic heterocycles. The molecule has 0 amide bonds. The van der Waals surface area contributed by atoms with Crippen molar-refractivity contribution in [3.05, 3.63) is 47.5 Å². The van der Waals surface area contributed by atoms with E-state index in [0.29, 0.717) is 0 Å². The van der Waals surface area contributed by atoms with Gasteiger partial charge in [-0.1, -0.05) is 37.3 Å². The van der Waals surface area contributed by atoms with Gasteiger partial charge in [-0.2, -0.15) is 4.37 Å². The lowest BCUT2D eigenvalue weighted by atomic mass is 10.1. The summed E-state index contributed by atoms with van der Waals surface area (Å²) in [6.07, 6.45) is 1.65. The maximum atomic E-state index is 4.48. The Morgan fingerprint density at radius 2 is 1.95 bits per heavy atom. The minimum atomic E-state index is 0.790. The quantitative estimate of drug-likeness (QED) is 0.692. The van der Waals surface area contributed by atoms with Gasteiger partial charge in [0, 0.05) is 19.4 Å². The number of aromatic nitrogens is 5. The fourth-order valence-electron chi connectivity index (χ4n) is 2.12. The zero-order chi connectivity index (χ0) is 15.4. The van der Waals surface area contributed by atoms with Crippen LogP contribution in [0.2, 0.25) is 0 Å². The third-order valence-corrected chi connectivity index (χ3v) is 5.03. The van der Waals surface area contributed by atoms with Crippen LogP contribution in [0.4, 0.5) is 0 Å². The minimum absolute atomic E-state index is 0.790. The third-order valence-electron chi connectivity index (χ3n) is 3.26. The molecule has 0 saturated heterocycles. The Bertz CT molecular complexity index is 735. The summed E-state index contributed by atoms with van der Waals surface area (Å²) in [5.74, 6) is 1.87. The van der Waals surface area contributed by atoms with E-state index < -0.39 is 0 Å². The summed E-state index contributed by atoms with van der Waals surface area (Å²) in [5.41, 5.74) is 1.24. The summed E-state index contributed by atoms with van der Waals surface area (Å²) < 4.78 is 7.38. The molecule has 0 N–H and O–H groups in total. The number of hydrogen-bond acceptors (Lipinski definition) is 6. The van der Waals surface area contributed by atoms with E-state index in [9.17, 15) is 0 Å². The second-order valence-corrected chi connectivity index (χ2v) is 6.70. The maximum Gasteiger partial charge on any atom is 0.198 e. The Hall–Kier alpha value is -1.73. The van der Waals surface area contributed by atoms with E-state index in [2.05, 4.69) is 50.1 Å². The summed E-state index contributed by atoms with van der Waals surface area (Å²) in [7, 11) is 0. The summed E-state index contributed by atoms with van der Waals surface area (Å²) in [6.45, 7) is 5.01. The Kier molecular flexibility index (Phi) is 4.84. The van der Waals surface area contributed by atoms with Crippen LogP contribution in [-0.4, -0.2) is 24.1 Å². The van der Waals surface area contributed by atoms with Gasteiger partial charge in [0.2, 0.25) is 0 Å². The van der Waals surface area contributed by atoms with E-state index in [-0.39, 0.29) is 0 Å². The van der Waals surface area contributed by atoms with Gasteiger partial charge in [-0.15, -0.1) is 10.2 Å². The van der Waals surface area contributed by atoms with Crippen LogP contribution in [0, 0.1) is 0 Å². The topological polar surface area (TPSA) is 56.5 Å². The van der Waals surface area contributed by atoms with Gasteiger partial charge in [0.1, 0.15) is 11.6 Å². The highest BCUT2D eigenvalue weighted by molar-refractivity contribution is 8.00. The van der Waals surface area contributed by atoms with Gasteiger partial charge in [0.05, 0.1) is 0 Å². The molecule has 0 radical (unpaired) electrons. The molecule has 114 valence electrons. The molecule has 0 unspecified atom stereocenters. The molecule has 0 fully saturated rings. The highest BCUT2D eigenvalue weighted by Gasteiger charge is 2.14. The monoisotopic (exact) mass is 331 g/mol. The summed E-state index contributed by atoms with van der Waals surface area (Å²) >= 11 is 2.96. The fraction of sp³-hybridized carbons (Fsp3) is 0.333. The fourth-order valence-corrected chi connectivity index (χ4v) is 3.84. The first-order valence-electron chi connectivity index (χ1n) is 7.26. The second-order valence-electron chi connectivity index (χ2n) is 4.74. The number of hydrogen-bond donors (Lipinski definition) is 0. The Morgan fingerprint density at radius 1 is 1.14 bits per heavy atom. The van der Waals surface area contributed by atoms with Gasteiger partial charge in [0.25, 0.3) is 0 Å². The molecule has 3 rings (SSSR count). The number of aryl methyl sites for hydroxylation is 1. The SMILES string of the molecule is CCc1nsc(Sc2nnc(Cc3ccccc3)n2CC)n1. The molecular formula is C15H17N5S2. The Balaban J connectivity index is 1.80. The first-order chi connectivity index (χ1) is 10.8.